The largest absolute Gasteiger partial charge is 0.358 e. The number of aryl methyl sites for hydroxylation is 2. The number of hydrogen-bond acceptors (Lipinski definition) is 6. The summed E-state index contributed by atoms with van der Waals surface area (Å²) in [5.41, 5.74) is 3.25. The van der Waals surface area contributed by atoms with Gasteiger partial charge in [0.2, 0.25) is 0 Å². The number of aromatic nitrogens is 4. The van der Waals surface area contributed by atoms with Gasteiger partial charge < -0.3 is 10.3 Å². The van der Waals surface area contributed by atoms with E-state index in [4.69, 9.17) is 0 Å². The number of rotatable bonds is 6. The molecule has 0 radical (unpaired) electrons. The molecule has 2 aliphatic rings. The zero-order valence-electron chi connectivity index (χ0n) is 25.8. The zero-order valence-corrected chi connectivity index (χ0v) is 27.5. The van der Waals surface area contributed by atoms with Gasteiger partial charge in [-0.1, -0.05) is 29.5 Å². The Kier molecular flexibility index (Phi) is 8.54. The highest BCUT2D eigenvalue weighted by Gasteiger charge is 2.30. The van der Waals surface area contributed by atoms with Gasteiger partial charge in [0.1, 0.15) is 11.5 Å². The van der Waals surface area contributed by atoms with Gasteiger partial charge in [-0.25, -0.2) is 14.2 Å². The molecule has 0 atom stereocenters. The molecule has 1 aliphatic carbocycles. The van der Waals surface area contributed by atoms with Crippen LogP contribution in [0.15, 0.2) is 74.1 Å². The van der Waals surface area contributed by atoms with Crippen molar-refractivity contribution in [1.29, 1.82) is 0 Å². The number of pyridine rings is 1. The van der Waals surface area contributed by atoms with Crippen LogP contribution in [0, 0.1) is 19.7 Å². The monoisotopic (exact) mass is 657 g/mol. The van der Waals surface area contributed by atoms with Gasteiger partial charge in [0.15, 0.2) is 0 Å². The van der Waals surface area contributed by atoms with Gasteiger partial charge >= 0.3 is 5.69 Å². The Morgan fingerprint density at radius 3 is 2.39 bits per heavy atom. The van der Waals surface area contributed by atoms with Crippen molar-refractivity contribution in [3.63, 3.8) is 0 Å². The molecule has 1 aliphatic heterocycles. The Labute approximate surface area is 274 Å². The van der Waals surface area contributed by atoms with E-state index < -0.39 is 11.4 Å². The molecule has 1 amide bonds. The number of nitrogens with one attached hydrogen (secondary N) is 2. The molecule has 11 heteroatoms. The molecule has 2 aromatic carbocycles. The Morgan fingerprint density at radius 2 is 1.65 bits per heavy atom. The second kappa shape index (κ2) is 12.8. The number of thioether (sulfide) groups is 1. The number of halogens is 1. The van der Waals surface area contributed by atoms with Crippen molar-refractivity contribution < 1.29 is 9.18 Å². The Balaban J connectivity index is 1.09. The molecular weight excluding hydrogens is 622 g/mol. The maximum atomic E-state index is 14.3. The first-order valence-corrected chi connectivity index (χ1v) is 17.8. The van der Waals surface area contributed by atoms with Crippen LogP contribution < -0.4 is 16.6 Å². The second-order valence-electron chi connectivity index (χ2n) is 12.4. The molecule has 5 aromatic rings. The highest BCUT2D eigenvalue weighted by molar-refractivity contribution is 7.99. The Morgan fingerprint density at radius 1 is 0.935 bits per heavy atom. The van der Waals surface area contributed by atoms with Crippen LogP contribution in [0.5, 0.6) is 0 Å². The van der Waals surface area contributed by atoms with E-state index in [1.54, 1.807) is 16.3 Å². The van der Waals surface area contributed by atoms with Crippen molar-refractivity contribution in [3.05, 3.63) is 98.2 Å². The number of H-pyrrole nitrogens is 1. The number of benzene rings is 2. The van der Waals surface area contributed by atoms with Gasteiger partial charge in [-0.2, -0.15) is 11.8 Å². The average molecular weight is 658 g/mol. The van der Waals surface area contributed by atoms with Gasteiger partial charge in [-0.3, -0.25) is 18.7 Å². The predicted molar refractivity (Wildman–Crippen MR) is 183 cm³/mol. The number of fused-ring (bicyclic) bond motifs is 2. The van der Waals surface area contributed by atoms with Crippen molar-refractivity contribution in [3.8, 4) is 0 Å². The lowest BCUT2D eigenvalue weighted by atomic mass is 9.90. The van der Waals surface area contributed by atoms with Crippen LogP contribution in [0.2, 0.25) is 0 Å². The minimum atomic E-state index is -0.596. The van der Waals surface area contributed by atoms with E-state index in [1.165, 1.54) is 16.2 Å². The van der Waals surface area contributed by atoms with E-state index in [9.17, 15) is 18.8 Å². The molecule has 8 nitrogen and oxygen atoms in total. The predicted octanol–water partition coefficient (Wildman–Crippen LogP) is 6.93. The molecule has 4 heterocycles. The number of carbonyl (C=O) groups excluding carboxylic acids is 1. The number of carbonyl (C=O) groups is 1. The molecule has 7 rings (SSSR count). The summed E-state index contributed by atoms with van der Waals surface area (Å²) < 4.78 is 17.2. The van der Waals surface area contributed by atoms with Gasteiger partial charge in [-0.05, 0) is 100 Å². The van der Waals surface area contributed by atoms with Crippen molar-refractivity contribution in [2.75, 3.05) is 11.5 Å². The minimum Gasteiger partial charge on any atom is -0.358 e. The van der Waals surface area contributed by atoms with E-state index >= 15 is 0 Å². The van der Waals surface area contributed by atoms with Crippen LogP contribution in [-0.2, 0) is 0 Å². The van der Waals surface area contributed by atoms with Crippen molar-refractivity contribution in [1.82, 2.24) is 24.4 Å². The van der Waals surface area contributed by atoms with E-state index in [0.29, 0.717) is 31.2 Å². The lowest BCUT2D eigenvalue weighted by Gasteiger charge is -2.31. The first-order valence-electron chi connectivity index (χ1n) is 15.8. The second-order valence-corrected chi connectivity index (χ2v) is 14.7. The number of aromatic amines is 1. The molecule has 3 aromatic heterocycles. The summed E-state index contributed by atoms with van der Waals surface area (Å²) in [6.07, 6.45) is 5.05. The van der Waals surface area contributed by atoms with E-state index in [0.717, 1.165) is 56.9 Å². The molecule has 2 N–H and O–H groups in total. The molecule has 0 unspecified atom stereocenters. The molecule has 46 heavy (non-hydrogen) atoms. The van der Waals surface area contributed by atoms with E-state index in [2.05, 4.69) is 46.5 Å². The third-order valence-electron chi connectivity index (χ3n) is 9.31. The summed E-state index contributed by atoms with van der Waals surface area (Å²) in [6, 6.07) is 14.9. The van der Waals surface area contributed by atoms with Crippen molar-refractivity contribution in [2.45, 2.75) is 80.3 Å². The SMILES string of the molecule is Cc1ccc(Sc2c(C)[nH]c3ccc(C(=O)N[C@H]4CC[C@@H](n5c(=O)c6cc(F)cnc6n(C6CCSCC6)c5=O)CC4)cc23)cc1. The van der Waals surface area contributed by atoms with Crippen LogP contribution in [-0.4, -0.2) is 42.6 Å². The van der Waals surface area contributed by atoms with Crippen molar-refractivity contribution in [2.24, 2.45) is 0 Å². The van der Waals surface area contributed by atoms with E-state index in [1.807, 2.05) is 36.9 Å². The van der Waals surface area contributed by atoms with E-state index in [-0.39, 0.29) is 40.8 Å². The van der Waals surface area contributed by atoms with Gasteiger partial charge in [0.25, 0.3) is 11.5 Å². The summed E-state index contributed by atoms with van der Waals surface area (Å²) in [4.78, 5) is 50.8. The summed E-state index contributed by atoms with van der Waals surface area (Å²) in [7, 11) is 0. The third-order valence-corrected chi connectivity index (χ3v) is 11.6. The van der Waals surface area contributed by atoms with Gasteiger partial charge in [0.05, 0.1) is 11.6 Å². The first-order chi connectivity index (χ1) is 22.3. The minimum absolute atomic E-state index is 0.0753. The number of nitrogens with zero attached hydrogens (tertiary/aromatic N) is 3. The van der Waals surface area contributed by atoms with Gasteiger partial charge in [0, 0.05) is 50.1 Å². The topological polar surface area (TPSA) is 102 Å². The summed E-state index contributed by atoms with van der Waals surface area (Å²) >= 11 is 3.53. The molecule has 2 fully saturated rings. The van der Waals surface area contributed by atoms with Crippen LogP contribution in [0.3, 0.4) is 0 Å². The Bertz CT molecular complexity index is 2060. The Hall–Kier alpha value is -3.83. The highest BCUT2D eigenvalue weighted by Crippen LogP contribution is 2.37. The number of hydrogen-bond donors (Lipinski definition) is 2. The summed E-state index contributed by atoms with van der Waals surface area (Å²) in [5, 5.41) is 4.35. The molecule has 238 valence electrons. The van der Waals surface area contributed by atoms with Crippen LogP contribution >= 0.6 is 23.5 Å². The average Bonchev–Trinajstić information content (AvgIpc) is 3.37. The maximum absolute atomic E-state index is 14.3. The van der Waals surface area contributed by atoms with Crippen LogP contribution in [0.25, 0.3) is 21.9 Å². The highest BCUT2D eigenvalue weighted by atomic mass is 32.2. The quantitative estimate of drug-likeness (QED) is 0.206. The fourth-order valence-corrected chi connectivity index (χ4v) is 8.92. The fourth-order valence-electron chi connectivity index (χ4n) is 6.85. The number of amides is 1. The van der Waals surface area contributed by atoms with Gasteiger partial charge in [-0.15, -0.1) is 0 Å². The normalized spacial score (nSPS) is 19.1. The molecule has 1 saturated carbocycles. The summed E-state index contributed by atoms with van der Waals surface area (Å²) in [6.45, 7) is 4.12. The lowest BCUT2D eigenvalue weighted by molar-refractivity contribution is 0.0922. The maximum Gasteiger partial charge on any atom is 0.333 e. The zero-order chi connectivity index (χ0) is 31.9. The van der Waals surface area contributed by atoms with Crippen molar-refractivity contribution >= 4 is 51.4 Å². The molecule has 0 bridgehead atoms. The first kappa shape index (κ1) is 30.8. The molecule has 1 saturated heterocycles. The lowest BCUT2D eigenvalue weighted by Crippen LogP contribution is -2.46. The van der Waals surface area contributed by atoms with Crippen LogP contribution in [0.4, 0.5) is 4.39 Å². The molecular formula is C35H36FN5O3S2. The third kappa shape index (κ3) is 5.90. The fraction of sp³-hybridized carbons (Fsp3) is 0.371. The van der Waals surface area contributed by atoms with Crippen LogP contribution in [0.1, 0.15) is 72.2 Å². The molecule has 0 spiro atoms. The standard InChI is InChI=1S/C35H36FN5O3S2/c1-20-3-10-27(11-4-20)46-31-21(2)38-30-12-5-22(17-28(30)31)33(42)39-24-6-8-25(9-7-24)41-34(43)29-18-23(36)19-37-32(29)40(35(41)44)26-13-15-45-16-14-26/h3-5,10-12,17-19,24-26,38H,6-9,13-16H2,1-2H3,(H,39,42)/t24-,25+. The summed E-state index contributed by atoms with van der Waals surface area (Å²) in [5.74, 6) is 1.11. The smallest absolute Gasteiger partial charge is 0.333 e.